The molecule has 2 aromatic carbocycles. The summed E-state index contributed by atoms with van der Waals surface area (Å²) in [6, 6.07) is 17.6. The molecular formula is C24H23NO2Si. The van der Waals surface area contributed by atoms with E-state index in [1.807, 2.05) is 54.6 Å². The topological polar surface area (TPSA) is 37.4 Å². The fourth-order valence-electron chi connectivity index (χ4n) is 4.63. The number of rotatable bonds is 3. The first-order valence-electron chi connectivity index (χ1n) is 9.51. The van der Waals surface area contributed by atoms with Crippen molar-refractivity contribution in [2.24, 2.45) is 0 Å². The third-order valence-electron chi connectivity index (χ3n) is 5.74. The van der Waals surface area contributed by atoms with Gasteiger partial charge >= 0.3 is 0 Å². The first-order valence-corrected chi connectivity index (χ1v) is 13.0. The van der Waals surface area contributed by atoms with Crippen molar-refractivity contribution in [3.8, 4) is 12.3 Å². The molecule has 0 bridgehead atoms. The van der Waals surface area contributed by atoms with Crippen LogP contribution in [0.15, 0.2) is 59.8 Å². The fourth-order valence-corrected chi connectivity index (χ4v) is 6.66. The molecule has 140 valence electrons. The van der Waals surface area contributed by atoms with Crippen LogP contribution >= 0.6 is 0 Å². The minimum Gasteiger partial charge on any atom is -0.299 e. The number of para-hydroxylation sites is 1. The highest BCUT2D eigenvalue weighted by molar-refractivity contribution is 6.89. The number of hydrogen-bond donors (Lipinski definition) is 0. The molecule has 3 nitrogen and oxygen atoms in total. The van der Waals surface area contributed by atoms with Crippen LogP contribution in [-0.4, -0.2) is 26.3 Å². The van der Waals surface area contributed by atoms with Gasteiger partial charge in [-0.05, 0) is 34.4 Å². The number of carbonyl (C=O) groups is 2. The molecule has 1 aliphatic heterocycles. The van der Waals surface area contributed by atoms with Gasteiger partial charge < -0.3 is 0 Å². The van der Waals surface area contributed by atoms with Crippen LogP contribution in [-0.2, 0) is 15.0 Å². The van der Waals surface area contributed by atoms with E-state index in [1.165, 1.54) is 0 Å². The highest BCUT2D eigenvalue weighted by atomic mass is 28.3. The van der Waals surface area contributed by atoms with E-state index in [0.717, 1.165) is 27.6 Å². The number of ketones is 1. The van der Waals surface area contributed by atoms with Crippen LogP contribution in [0, 0.1) is 12.3 Å². The van der Waals surface area contributed by atoms with Gasteiger partial charge in [-0.2, -0.15) is 0 Å². The second kappa shape index (κ2) is 6.32. The van der Waals surface area contributed by atoms with E-state index in [9.17, 15) is 9.59 Å². The Hall–Kier alpha value is -2.90. The number of fused-ring (bicyclic) bond motifs is 2. The Bertz CT molecular complexity index is 1060. The van der Waals surface area contributed by atoms with E-state index in [1.54, 1.807) is 4.90 Å². The van der Waals surface area contributed by atoms with Crippen molar-refractivity contribution in [1.29, 1.82) is 0 Å². The summed E-state index contributed by atoms with van der Waals surface area (Å²) in [5.74, 6) is 2.37. The van der Waals surface area contributed by atoms with E-state index < -0.39 is 13.5 Å². The van der Waals surface area contributed by atoms with Crippen LogP contribution < -0.4 is 4.90 Å². The minimum atomic E-state index is -2.00. The molecule has 0 fully saturated rings. The van der Waals surface area contributed by atoms with E-state index in [-0.39, 0.29) is 18.2 Å². The number of terminal acetylenes is 1. The predicted octanol–water partition coefficient (Wildman–Crippen LogP) is 4.21. The Morgan fingerprint density at radius 3 is 2.32 bits per heavy atom. The summed E-state index contributed by atoms with van der Waals surface area (Å²) >= 11 is 0. The average Bonchev–Trinajstić information content (AvgIpc) is 3.12. The molecule has 1 amide bonds. The Morgan fingerprint density at radius 1 is 1.04 bits per heavy atom. The number of benzene rings is 2. The molecule has 1 aliphatic carbocycles. The summed E-state index contributed by atoms with van der Waals surface area (Å²) in [6.07, 6.45) is 5.94. The smallest absolute Gasteiger partial charge is 0.246 e. The molecule has 4 heteroatoms. The van der Waals surface area contributed by atoms with Gasteiger partial charge in [0.1, 0.15) is 5.41 Å². The maximum atomic E-state index is 14.0. The largest absolute Gasteiger partial charge is 0.299 e. The van der Waals surface area contributed by atoms with E-state index >= 15 is 0 Å². The summed E-state index contributed by atoms with van der Waals surface area (Å²) in [6.45, 7) is 6.69. The van der Waals surface area contributed by atoms with Crippen LogP contribution in [0.1, 0.15) is 17.5 Å². The van der Waals surface area contributed by atoms with E-state index in [0.29, 0.717) is 6.42 Å². The van der Waals surface area contributed by atoms with Crippen molar-refractivity contribution in [2.75, 3.05) is 11.4 Å². The summed E-state index contributed by atoms with van der Waals surface area (Å²) in [5, 5.41) is 0.879. The molecule has 4 rings (SSSR count). The van der Waals surface area contributed by atoms with E-state index in [4.69, 9.17) is 6.42 Å². The van der Waals surface area contributed by atoms with Gasteiger partial charge in [0.15, 0.2) is 5.78 Å². The first kappa shape index (κ1) is 18.5. The lowest BCUT2D eigenvalue weighted by Crippen LogP contribution is -2.46. The summed E-state index contributed by atoms with van der Waals surface area (Å²) in [5.41, 5.74) is 2.44. The van der Waals surface area contributed by atoms with Crippen molar-refractivity contribution in [3.63, 3.8) is 0 Å². The van der Waals surface area contributed by atoms with Gasteiger partial charge in [-0.1, -0.05) is 74.1 Å². The van der Waals surface area contributed by atoms with Gasteiger partial charge in [-0.25, -0.2) is 0 Å². The predicted molar refractivity (Wildman–Crippen MR) is 116 cm³/mol. The third kappa shape index (κ3) is 2.43. The van der Waals surface area contributed by atoms with Crippen LogP contribution in [0.3, 0.4) is 0 Å². The molecule has 0 aromatic heterocycles. The van der Waals surface area contributed by atoms with Gasteiger partial charge in [0.2, 0.25) is 5.91 Å². The zero-order valence-corrected chi connectivity index (χ0v) is 17.5. The van der Waals surface area contributed by atoms with Crippen molar-refractivity contribution in [3.05, 3.63) is 70.9 Å². The zero-order valence-electron chi connectivity index (χ0n) is 16.5. The summed E-state index contributed by atoms with van der Waals surface area (Å²) in [4.78, 5) is 29.2. The number of anilines is 1. The van der Waals surface area contributed by atoms with Gasteiger partial charge in [-0.3, -0.25) is 14.5 Å². The Morgan fingerprint density at radius 2 is 1.68 bits per heavy atom. The molecule has 0 radical (unpaired) electrons. The third-order valence-corrected chi connectivity index (χ3v) is 7.77. The molecule has 28 heavy (non-hydrogen) atoms. The Labute approximate surface area is 167 Å². The average molecular weight is 386 g/mol. The number of amides is 1. The SMILES string of the molecule is C#CCN1C(=O)[C@]2(CC(c3ccccc3)=C([Si](C)(C)C)C2=O)c2ccccc21. The zero-order chi connectivity index (χ0) is 20.1. The molecule has 1 spiro atoms. The maximum absolute atomic E-state index is 14.0. The fraction of sp³-hybridized carbons (Fsp3) is 0.250. The second-order valence-corrected chi connectivity index (χ2v) is 13.5. The molecule has 0 saturated heterocycles. The number of hydrogen-bond acceptors (Lipinski definition) is 2. The molecule has 2 aromatic rings. The Balaban J connectivity index is 1.96. The van der Waals surface area contributed by atoms with Gasteiger partial charge in [0.25, 0.3) is 0 Å². The van der Waals surface area contributed by atoms with Crippen molar-refractivity contribution in [2.45, 2.75) is 31.5 Å². The lowest BCUT2D eigenvalue weighted by Gasteiger charge is -2.25. The maximum Gasteiger partial charge on any atom is 0.246 e. The number of nitrogens with zero attached hydrogens (tertiary/aromatic N) is 1. The molecular weight excluding hydrogens is 362 g/mol. The molecule has 0 N–H and O–H groups in total. The summed E-state index contributed by atoms with van der Waals surface area (Å²) < 4.78 is 0. The van der Waals surface area contributed by atoms with Crippen LogP contribution in [0.5, 0.6) is 0 Å². The molecule has 2 aliphatic rings. The van der Waals surface area contributed by atoms with Crippen LogP contribution in [0.4, 0.5) is 5.69 Å². The highest BCUT2D eigenvalue weighted by Gasteiger charge is 2.61. The van der Waals surface area contributed by atoms with Crippen molar-refractivity contribution in [1.82, 2.24) is 0 Å². The lowest BCUT2D eigenvalue weighted by molar-refractivity contribution is -0.130. The Kier molecular flexibility index (Phi) is 4.17. The highest BCUT2D eigenvalue weighted by Crippen LogP contribution is 2.54. The first-order chi connectivity index (χ1) is 13.3. The molecule has 0 saturated carbocycles. The van der Waals surface area contributed by atoms with Crippen LogP contribution in [0.2, 0.25) is 19.6 Å². The van der Waals surface area contributed by atoms with E-state index in [2.05, 4.69) is 25.6 Å². The normalized spacial score (nSPS) is 21.4. The van der Waals surface area contributed by atoms with Gasteiger partial charge in [0.05, 0.1) is 14.6 Å². The van der Waals surface area contributed by atoms with Gasteiger partial charge in [0, 0.05) is 5.69 Å². The number of allylic oxidation sites excluding steroid dienone is 2. The van der Waals surface area contributed by atoms with Crippen LogP contribution in [0.25, 0.3) is 5.57 Å². The number of Topliss-reactive ketones (excluding diaryl/α,β-unsaturated/α-hetero) is 1. The second-order valence-electron chi connectivity index (χ2n) is 8.49. The molecule has 0 unspecified atom stereocenters. The molecule has 1 heterocycles. The van der Waals surface area contributed by atoms with Crippen molar-refractivity contribution < 1.29 is 9.59 Å². The van der Waals surface area contributed by atoms with Crippen molar-refractivity contribution >= 4 is 31.0 Å². The summed E-state index contributed by atoms with van der Waals surface area (Å²) in [7, 11) is -2.00. The quantitative estimate of drug-likeness (QED) is 0.451. The monoisotopic (exact) mass is 385 g/mol. The lowest BCUT2D eigenvalue weighted by atomic mass is 9.77. The minimum absolute atomic E-state index is 0.0255. The van der Waals surface area contributed by atoms with Gasteiger partial charge in [-0.15, -0.1) is 6.42 Å². The molecule has 1 atom stereocenters. The standard InChI is InChI=1S/C24H23NO2Si/c1-5-15-25-20-14-10-9-13-19(20)24(23(25)27)16-18(17-11-7-6-8-12-17)21(22(24)26)28(2,3)4/h1,6-14H,15-16H2,2-4H3/t24-/m1/s1. The number of carbonyl (C=O) groups excluding carboxylic acids is 2.